The van der Waals surface area contributed by atoms with Crippen LogP contribution in [0.1, 0.15) is 15.9 Å². The van der Waals surface area contributed by atoms with E-state index in [9.17, 15) is 9.82 Å². The van der Waals surface area contributed by atoms with E-state index in [4.69, 9.17) is 19.2 Å². The van der Waals surface area contributed by atoms with E-state index < -0.39 is 13.1 Å². The van der Waals surface area contributed by atoms with E-state index >= 15 is 0 Å². The molecule has 1 heterocycles. The maximum atomic E-state index is 11.2. The minimum absolute atomic E-state index is 0.0182. The Hall–Kier alpha value is -1.73. The Bertz CT molecular complexity index is 447. The third-order valence-electron chi connectivity index (χ3n) is 2.36. The van der Waals surface area contributed by atoms with Gasteiger partial charge in [-0.1, -0.05) is 6.07 Å². The van der Waals surface area contributed by atoms with Crippen molar-refractivity contribution in [2.75, 3.05) is 13.6 Å². The molecular formula is C10H11BO6. The van der Waals surface area contributed by atoms with Crippen LogP contribution in [0.2, 0.25) is 0 Å². The van der Waals surface area contributed by atoms with Crippen LogP contribution in [0.4, 0.5) is 0 Å². The fourth-order valence-electron chi connectivity index (χ4n) is 1.68. The molecule has 0 spiro atoms. The first kappa shape index (κ1) is 11.8. The predicted molar refractivity (Wildman–Crippen MR) is 58.2 cm³/mol. The smallest absolute Gasteiger partial charge is 0.531 e. The highest BCUT2D eigenvalue weighted by molar-refractivity contribution is 6.44. The van der Waals surface area contributed by atoms with Crippen LogP contribution < -0.4 is 9.39 Å². The molecule has 0 saturated heterocycles. The summed E-state index contributed by atoms with van der Waals surface area (Å²) in [4.78, 5) is 11.2. The van der Waals surface area contributed by atoms with Gasteiger partial charge in [-0.2, -0.15) is 0 Å². The number of carboxylic acid groups (broad SMARTS) is 1. The molecule has 0 aliphatic carbocycles. The summed E-state index contributed by atoms with van der Waals surface area (Å²) >= 11 is 0. The summed E-state index contributed by atoms with van der Waals surface area (Å²) in [6, 6.07) is 3.20. The second kappa shape index (κ2) is 4.64. The predicted octanol–water partition coefficient (Wildman–Crippen LogP) is 0.322. The van der Waals surface area contributed by atoms with Crippen LogP contribution in [0.3, 0.4) is 0 Å². The number of aromatic carboxylic acids is 1. The maximum absolute atomic E-state index is 11.2. The summed E-state index contributed by atoms with van der Waals surface area (Å²) in [6.07, 6.45) is 0. The molecule has 7 heteroatoms. The Morgan fingerprint density at radius 2 is 2.35 bits per heavy atom. The lowest BCUT2D eigenvalue weighted by Crippen LogP contribution is -2.35. The summed E-state index contributed by atoms with van der Waals surface area (Å²) in [5, 5.41) is 18.5. The average Bonchev–Trinajstić information content (AvgIpc) is 2.28. The van der Waals surface area contributed by atoms with Gasteiger partial charge in [0.05, 0.1) is 6.61 Å². The third-order valence-corrected chi connectivity index (χ3v) is 2.36. The Kier molecular flexibility index (Phi) is 3.21. The lowest BCUT2D eigenvalue weighted by atomic mass is 9.91. The lowest BCUT2D eigenvalue weighted by molar-refractivity contribution is 0.0687. The Balaban J connectivity index is 2.52. The third kappa shape index (κ3) is 2.20. The summed E-state index contributed by atoms with van der Waals surface area (Å²) in [7, 11) is 0.315. The molecule has 2 N–H and O–H groups in total. The van der Waals surface area contributed by atoms with E-state index in [-0.39, 0.29) is 24.4 Å². The van der Waals surface area contributed by atoms with Gasteiger partial charge in [0.1, 0.15) is 12.1 Å². The van der Waals surface area contributed by atoms with Crippen molar-refractivity contribution in [1.29, 1.82) is 0 Å². The number of ether oxygens (including phenoxy) is 2. The molecule has 0 amide bonds. The second-order valence-corrected chi connectivity index (χ2v) is 3.55. The number of hydrogen-bond donors (Lipinski definition) is 2. The number of benzene rings is 1. The molecule has 1 aromatic rings. The van der Waals surface area contributed by atoms with E-state index in [0.29, 0.717) is 11.3 Å². The molecule has 0 fully saturated rings. The number of rotatable bonds is 3. The molecule has 1 aliphatic heterocycles. The summed E-state index contributed by atoms with van der Waals surface area (Å²) in [6.45, 7) is 0.129. The van der Waals surface area contributed by atoms with E-state index in [1.165, 1.54) is 7.11 Å². The number of carboxylic acids is 1. The minimum atomic E-state index is -1.15. The van der Waals surface area contributed by atoms with Gasteiger partial charge in [-0.25, -0.2) is 4.79 Å². The summed E-state index contributed by atoms with van der Waals surface area (Å²) in [5.74, 6) is -0.787. The molecule has 6 nitrogen and oxygen atoms in total. The van der Waals surface area contributed by atoms with Gasteiger partial charge in [-0.15, -0.1) is 0 Å². The van der Waals surface area contributed by atoms with E-state index in [0.717, 1.165) is 0 Å². The van der Waals surface area contributed by atoms with Crippen LogP contribution in [-0.2, 0) is 11.3 Å². The van der Waals surface area contributed by atoms with E-state index in [1.54, 1.807) is 12.1 Å². The molecule has 0 bridgehead atoms. The summed E-state index contributed by atoms with van der Waals surface area (Å²) in [5.41, 5.74) is 0.430. The van der Waals surface area contributed by atoms with Gasteiger partial charge >= 0.3 is 13.1 Å². The Morgan fingerprint density at radius 1 is 1.59 bits per heavy atom. The van der Waals surface area contributed by atoms with Crippen molar-refractivity contribution in [2.45, 2.75) is 6.61 Å². The van der Waals surface area contributed by atoms with Crippen molar-refractivity contribution in [3.63, 3.8) is 0 Å². The highest BCUT2D eigenvalue weighted by atomic mass is 16.6. The second-order valence-electron chi connectivity index (χ2n) is 3.55. The van der Waals surface area contributed by atoms with Crippen molar-refractivity contribution in [3.05, 3.63) is 23.3 Å². The van der Waals surface area contributed by atoms with Crippen molar-refractivity contribution in [2.24, 2.45) is 0 Å². The first-order valence-corrected chi connectivity index (χ1v) is 4.99. The zero-order valence-corrected chi connectivity index (χ0v) is 9.17. The summed E-state index contributed by atoms with van der Waals surface area (Å²) < 4.78 is 15.2. The van der Waals surface area contributed by atoms with Crippen LogP contribution in [0.5, 0.6) is 11.5 Å². The maximum Gasteiger partial charge on any atom is 0.563 e. The SMILES string of the molecule is COCc1ccc2c(c1C(=O)O)OB(O)CO2. The topological polar surface area (TPSA) is 85.2 Å². The molecule has 2 rings (SSSR count). The standard InChI is InChI=1S/C10H11BO6/c1-15-4-6-2-3-7-9(8(6)10(12)13)17-11(14)5-16-7/h2-3,14H,4-5H2,1H3,(H,12,13). The van der Waals surface area contributed by atoms with Gasteiger partial charge in [-0.3, -0.25) is 0 Å². The largest absolute Gasteiger partial charge is 0.563 e. The fraction of sp³-hybridized carbons (Fsp3) is 0.300. The Morgan fingerprint density at radius 3 is 3.00 bits per heavy atom. The highest BCUT2D eigenvalue weighted by Gasteiger charge is 2.30. The van der Waals surface area contributed by atoms with Gasteiger partial charge in [-0.05, 0) is 11.6 Å². The molecule has 90 valence electrons. The van der Waals surface area contributed by atoms with Crippen molar-refractivity contribution in [3.8, 4) is 11.5 Å². The number of carbonyl (C=O) groups is 1. The Labute approximate surface area is 97.9 Å². The zero-order chi connectivity index (χ0) is 12.4. The van der Waals surface area contributed by atoms with Crippen LogP contribution in [0, 0.1) is 0 Å². The van der Waals surface area contributed by atoms with Gasteiger partial charge in [0.2, 0.25) is 0 Å². The molecule has 0 radical (unpaired) electrons. The molecule has 1 aromatic carbocycles. The number of methoxy groups -OCH3 is 1. The fourth-order valence-corrected chi connectivity index (χ4v) is 1.68. The van der Waals surface area contributed by atoms with Crippen LogP contribution >= 0.6 is 0 Å². The van der Waals surface area contributed by atoms with Crippen LogP contribution in [0.25, 0.3) is 0 Å². The van der Waals surface area contributed by atoms with Crippen LogP contribution in [0.15, 0.2) is 12.1 Å². The quantitative estimate of drug-likeness (QED) is 0.737. The van der Waals surface area contributed by atoms with Crippen molar-refractivity contribution in [1.82, 2.24) is 0 Å². The molecule has 0 saturated carbocycles. The monoisotopic (exact) mass is 238 g/mol. The molecule has 0 unspecified atom stereocenters. The molecule has 0 atom stereocenters. The normalized spacial score (nSPS) is 13.6. The van der Waals surface area contributed by atoms with Crippen LogP contribution in [-0.4, -0.2) is 36.8 Å². The average molecular weight is 238 g/mol. The minimum Gasteiger partial charge on any atom is -0.531 e. The number of fused-ring (bicyclic) bond motifs is 1. The molecule has 0 aromatic heterocycles. The van der Waals surface area contributed by atoms with Gasteiger partial charge in [0.15, 0.2) is 11.5 Å². The van der Waals surface area contributed by atoms with E-state index in [2.05, 4.69) is 0 Å². The van der Waals surface area contributed by atoms with Crippen molar-refractivity contribution >= 4 is 13.1 Å². The number of hydrogen-bond acceptors (Lipinski definition) is 5. The first-order chi connectivity index (χ1) is 8.13. The molecule has 1 aliphatic rings. The lowest BCUT2D eigenvalue weighted by Gasteiger charge is -2.23. The van der Waals surface area contributed by atoms with Gasteiger partial charge in [0.25, 0.3) is 0 Å². The van der Waals surface area contributed by atoms with Gasteiger partial charge in [0, 0.05) is 7.11 Å². The van der Waals surface area contributed by atoms with E-state index in [1.807, 2.05) is 0 Å². The first-order valence-electron chi connectivity index (χ1n) is 4.99. The van der Waals surface area contributed by atoms with Crippen molar-refractivity contribution < 1.29 is 29.1 Å². The highest BCUT2D eigenvalue weighted by Crippen LogP contribution is 2.36. The van der Waals surface area contributed by atoms with Gasteiger partial charge < -0.3 is 24.3 Å². The molecule has 17 heavy (non-hydrogen) atoms. The zero-order valence-electron chi connectivity index (χ0n) is 9.17. The molecular weight excluding hydrogens is 227 g/mol.